The Morgan fingerprint density at radius 2 is 1.34 bits per heavy atom. The quantitative estimate of drug-likeness (QED) is 0.296. The number of hydrogen-bond donors (Lipinski definition) is 0. The second-order valence-electron chi connectivity index (χ2n) is 12.4. The van der Waals surface area contributed by atoms with Gasteiger partial charge in [0, 0.05) is 0 Å². The summed E-state index contributed by atoms with van der Waals surface area (Å²) in [6.07, 6.45) is 2.38. The van der Waals surface area contributed by atoms with Crippen LogP contribution in [-0.4, -0.2) is 56.6 Å². The molecule has 3 rings (SSSR count). The van der Waals surface area contributed by atoms with Crippen molar-refractivity contribution in [3.05, 3.63) is 60.7 Å². The molecule has 0 aliphatic carbocycles. The predicted molar refractivity (Wildman–Crippen MR) is 155 cm³/mol. The molecule has 4 nitrogen and oxygen atoms in total. The number of nitrogens with zero attached hydrogens (tertiary/aromatic N) is 1. The first-order valence-electron chi connectivity index (χ1n) is 13.1. The van der Waals surface area contributed by atoms with Crippen molar-refractivity contribution in [1.82, 2.24) is 4.90 Å². The average Bonchev–Trinajstić information content (AvgIpc) is 3.17. The van der Waals surface area contributed by atoms with Gasteiger partial charge in [0.25, 0.3) is 0 Å². The van der Waals surface area contributed by atoms with Gasteiger partial charge in [-0.05, 0) is 0 Å². The minimum atomic E-state index is -2.99. The Balaban J connectivity index is 2.05. The summed E-state index contributed by atoms with van der Waals surface area (Å²) < 4.78 is 20.5. The van der Waals surface area contributed by atoms with Gasteiger partial charge < -0.3 is 0 Å². The van der Waals surface area contributed by atoms with Gasteiger partial charge in [-0.2, -0.15) is 0 Å². The van der Waals surface area contributed by atoms with E-state index in [2.05, 4.69) is 127 Å². The first-order chi connectivity index (χ1) is 16.2. The Morgan fingerprint density at radius 1 is 0.886 bits per heavy atom. The van der Waals surface area contributed by atoms with Crippen molar-refractivity contribution in [2.75, 3.05) is 20.3 Å². The fraction of sp³-hybridized carbons (Fsp3) is 0.586. The second-order valence-corrected chi connectivity index (χ2v) is 19.0. The molecule has 0 radical (unpaired) electrons. The standard InChI is InChI=1S/C29H48NO3PSi/c1-28(2,3)32-34(8,33-29(4,5)6)31-27(26-21-16-22-30(26)7)23-35(9,24-17-12-10-13-18-24)25-19-14-11-15-20-25/h10-15,17-20,26-27,34H,16,21-23H2,1-9H3/t26-,27+/m1/s1. The molecule has 1 fully saturated rings. The Bertz CT molecular complexity index is 871. The molecule has 196 valence electrons. The van der Waals surface area contributed by atoms with Crippen LogP contribution in [-0.2, 0) is 13.6 Å². The number of likely N-dealkylation sites (tertiary alicyclic amines) is 1. The zero-order valence-corrected chi connectivity index (χ0v) is 25.4. The average molecular weight is 518 g/mol. The van der Waals surface area contributed by atoms with Gasteiger partial charge in [0.15, 0.2) is 0 Å². The van der Waals surface area contributed by atoms with E-state index >= 15 is 0 Å². The van der Waals surface area contributed by atoms with Gasteiger partial charge in [0.2, 0.25) is 0 Å². The van der Waals surface area contributed by atoms with Crippen LogP contribution in [0.2, 0.25) is 12.6 Å². The molecule has 2 aromatic rings. The van der Waals surface area contributed by atoms with Gasteiger partial charge in [-0.15, -0.1) is 0 Å². The predicted octanol–water partition coefficient (Wildman–Crippen LogP) is 6.11. The third kappa shape index (κ3) is 7.95. The van der Waals surface area contributed by atoms with Crippen molar-refractivity contribution in [3.8, 4) is 0 Å². The van der Waals surface area contributed by atoms with Crippen LogP contribution >= 0.6 is 7.94 Å². The van der Waals surface area contributed by atoms with Crippen molar-refractivity contribution in [3.63, 3.8) is 0 Å². The summed E-state index contributed by atoms with van der Waals surface area (Å²) in [6.45, 7) is 18.3. The molecular formula is C29H48NO3PSi. The Kier molecular flexibility index (Phi) is 9.06. The molecule has 1 aliphatic heterocycles. The molecule has 0 aromatic heterocycles. The Morgan fingerprint density at radius 3 is 1.71 bits per heavy atom. The van der Waals surface area contributed by atoms with Crippen LogP contribution < -0.4 is 10.4 Å². The fourth-order valence-corrected chi connectivity index (χ4v) is 12.7. The summed E-state index contributed by atoms with van der Waals surface area (Å²) in [6, 6.07) is 23.5. The van der Waals surface area contributed by atoms with Gasteiger partial charge in [0.1, 0.15) is 0 Å². The van der Waals surface area contributed by atoms with Crippen molar-refractivity contribution >= 4 is 26.4 Å². The van der Waals surface area contributed by atoms with E-state index in [4.69, 9.17) is 13.6 Å². The summed E-state index contributed by atoms with van der Waals surface area (Å²) in [5.41, 5.74) is -0.699. The van der Waals surface area contributed by atoms with Crippen molar-refractivity contribution < 1.29 is 13.6 Å². The van der Waals surface area contributed by atoms with Crippen molar-refractivity contribution in [2.24, 2.45) is 0 Å². The van der Waals surface area contributed by atoms with E-state index < -0.39 is 16.0 Å². The van der Waals surface area contributed by atoms with E-state index in [1.165, 1.54) is 16.8 Å². The molecule has 2 atom stereocenters. The number of benzene rings is 2. The molecule has 6 heteroatoms. The van der Waals surface area contributed by atoms with Crippen LogP contribution in [0.3, 0.4) is 0 Å². The van der Waals surface area contributed by atoms with Gasteiger partial charge in [-0.3, -0.25) is 0 Å². The molecule has 1 saturated heterocycles. The van der Waals surface area contributed by atoms with Crippen LogP contribution in [0.5, 0.6) is 0 Å². The van der Waals surface area contributed by atoms with Crippen molar-refractivity contribution in [2.45, 2.75) is 90.3 Å². The molecule has 2 aromatic carbocycles. The summed E-state index contributed by atoms with van der Waals surface area (Å²) in [5, 5.41) is 2.88. The maximum absolute atomic E-state index is 7.17. The SMILES string of the molecule is CN1CCC[C@@H]1[C@H](C[Si](C)(c1ccccc1)c1ccccc1)O[PH](C)(OC(C)(C)C)OC(C)(C)C. The van der Waals surface area contributed by atoms with Gasteiger partial charge in [0.05, 0.1) is 0 Å². The molecule has 0 unspecified atom stereocenters. The van der Waals surface area contributed by atoms with Crippen LogP contribution in [0.15, 0.2) is 60.7 Å². The maximum atomic E-state index is 7.17. The molecule has 0 saturated carbocycles. The fourth-order valence-electron chi connectivity index (χ4n) is 5.54. The molecule has 0 spiro atoms. The van der Waals surface area contributed by atoms with E-state index in [0.717, 1.165) is 19.0 Å². The monoisotopic (exact) mass is 517 g/mol. The number of likely N-dealkylation sites (N-methyl/N-ethyl adjacent to an activating group) is 1. The third-order valence-electron chi connectivity index (χ3n) is 6.79. The Labute approximate surface area is 216 Å². The molecule has 0 N–H and O–H groups in total. The van der Waals surface area contributed by atoms with E-state index in [9.17, 15) is 0 Å². The summed E-state index contributed by atoms with van der Waals surface area (Å²) in [4.78, 5) is 2.48. The molecule has 1 aliphatic rings. The minimum absolute atomic E-state index is 0.0287. The van der Waals surface area contributed by atoms with E-state index in [1.54, 1.807) is 0 Å². The molecule has 0 bridgehead atoms. The normalized spacial score (nSPS) is 19.6. The molecule has 35 heavy (non-hydrogen) atoms. The van der Waals surface area contributed by atoms with Gasteiger partial charge in [-0.25, -0.2) is 0 Å². The first kappa shape index (κ1) is 28.5. The van der Waals surface area contributed by atoms with Crippen LogP contribution in [0.4, 0.5) is 0 Å². The Hall–Kier alpha value is -1.07. The molecule has 1 heterocycles. The van der Waals surface area contributed by atoms with Crippen LogP contribution in [0, 0.1) is 0 Å². The topological polar surface area (TPSA) is 30.9 Å². The van der Waals surface area contributed by atoms with Crippen LogP contribution in [0.25, 0.3) is 0 Å². The number of hydrogen-bond acceptors (Lipinski definition) is 4. The van der Waals surface area contributed by atoms with Crippen molar-refractivity contribution in [1.29, 1.82) is 0 Å². The third-order valence-corrected chi connectivity index (χ3v) is 13.9. The van der Waals surface area contributed by atoms with E-state index in [1.807, 2.05) is 0 Å². The van der Waals surface area contributed by atoms with Crippen LogP contribution in [0.1, 0.15) is 54.4 Å². The van der Waals surface area contributed by atoms with E-state index in [0.29, 0.717) is 6.04 Å². The summed E-state index contributed by atoms with van der Waals surface area (Å²) in [5.74, 6) is 0. The summed E-state index contributed by atoms with van der Waals surface area (Å²) >= 11 is 0. The van der Waals surface area contributed by atoms with Gasteiger partial charge >= 0.3 is 216 Å². The molecular weight excluding hydrogens is 469 g/mol. The molecule has 0 amide bonds. The zero-order chi connectivity index (χ0) is 25.9. The number of rotatable bonds is 9. The van der Waals surface area contributed by atoms with E-state index in [-0.39, 0.29) is 17.3 Å². The summed E-state index contributed by atoms with van der Waals surface area (Å²) in [7, 11) is -2.86. The van der Waals surface area contributed by atoms with Gasteiger partial charge in [-0.1, -0.05) is 0 Å². The second kappa shape index (κ2) is 11.1. The first-order valence-corrected chi connectivity index (χ1v) is 18.0. The zero-order valence-electron chi connectivity index (χ0n) is 23.4.